The first-order valence-electron chi connectivity index (χ1n) is 22.4. The third-order valence-electron chi connectivity index (χ3n) is 12.4. The molecule has 386 valence electrons. The van der Waals surface area contributed by atoms with Crippen molar-refractivity contribution in [3.05, 3.63) is 95.6 Å². The minimum absolute atomic E-state index is 0. The quantitative estimate of drug-likeness (QED) is 0.0865. The number of benzene rings is 4. The molecule has 0 radical (unpaired) electrons. The maximum absolute atomic E-state index is 5.89. The van der Waals surface area contributed by atoms with E-state index in [1.54, 1.807) is 85.3 Å². The molecule has 8 bridgehead atoms. The van der Waals surface area contributed by atoms with Crippen LogP contribution in [-0.4, -0.2) is 95.3 Å². The number of hydrogen-bond acceptors (Lipinski definition) is 14. The van der Waals surface area contributed by atoms with Crippen LogP contribution in [0.5, 0.6) is 69.0 Å². The third-order valence-corrected chi connectivity index (χ3v) is 12.4. The van der Waals surface area contributed by atoms with E-state index in [-0.39, 0.29) is 34.8 Å². The molecule has 9 rings (SSSR count). The molecule has 0 amide bonds. The zero-order valence-corrected chi connectivity index (χ0v) is 45.5. The van der Waals surface area contributed by atoms with Crippen molar-refractivity contribution in [1.82, 2.24) is 19.9 Å². The molecular formula is C56H52AuClN4O12. The number of halogens is 1. The van der Waals surface area contributed by atoms with Crippen LogP contribution in [0.3, 0.4) is 0 Å². The number of nitrogens with zero attached hydrogens (tertiary/aromatic N) is 4. The van der Waals surface area contributed by atoms with Gasteiger partial charge in [0, 0.05) is 5.56 Å². The molecule has 4 aromatic carbocycles. The molecule has 5 heterocycles. The second-order valence-electron chi connectivity index (χ2n) is 16.0. The molecule has 74 heavy (non-hydrogen) atoms. The maximum atomic E-state index is 5.89. The summed E-state index contributed by atoms with van der Waals surface area (Å²) in [4.78, 5) is 21.7. The van der Waals surface area contributed by atoms with Crippen LogP contribution in [0.4, 0.5) is 0 Å². The minimum Gasteiger partial charge on any atom is -1.00 e. The van der Waals surface area contributed by atoms with Crippen LogP contribution in [0.1, 0.15) is 22.8 Å². The summed E-state index contributed by atoms with van der Waals surface area (Å²) < 4.78 is 70.1. The molecule has 7 aromatic rings. The molecule has 2 aliphatic heterocycles. The molecule has 0 atom stereocenters. The third kappa shape index (κ3) is 9.48. The molecular weight excluding hydrogens is 1150 g/mol. The molecule has 0 spiro atoms. The Morgan fingerprint density at radius 3 is 0.716 bits per heavy atom. The Morgan fingerprint density at radius 1 is 0.284 bits per heavy atom. The van der Waals surface area contributed by atoms with Crippen LogP contribution in [0.15, 0.2) is 72.8 Å². The Bertz CT molecular complexity index is 3230. The summed E-state index contributed by atoms with van der Waals surface area (Å²) in [5.74, 6) is 5.28. The normalized spacial score (nSPS) is 11.2. The summed E-state index contributed by atoms with van der Waals surface area (Å²) >= 11 is 0. The summed E-state index contributed by atoms with van der Waals surface area (Å²) in [6.07, 6.45) is 7.79. The van der Waals surface area contributed by atoms with Crippen molar-refractivity contribution in [3.63, 3.8) is 0 Å². The van der Waals surface area contributed by atoms with Crippen molar-refractivity contribution in [2.75, 3.05) is 85.3 Å². The second-order valence-corrected chi connectivity index (χ2v) is 16.0. The van der Waals surface area contributed by atoms with Crippen LogP contribution in [0, 0.1) is 0 Å². The van der Waals surface area contributed by atoms with Gasteiger partial charge in [0.1, 0.15) is 0 Å². The molecule has 18 heteroatoms. The first-order valence-corrected chi connectivity index (χ1v) is 22.4. The van der Waals surface area contributed by atoms with Gasteiger partial charge in [-0.3, -0.25) is 0 Å². The smallest absolute Gasteiger partial charge is 1.00 e. The zero-order valence-electron chi connectivity index (χ0n) is 42.6. The van der Waals surface area contributed by atoms with Crippen molar-refractivity contribution < 1.29 is 91.6 Å². The van der Waals surface area contributed by atoms with Gasteiger partial charge < -0.3 is 79.2 Å². The van der Waals surface area contributed by atoms with Crippen molar-refractivity contribution in [3.8, 4) is 114 Å². The predicted molar refractivity (Wildman–Crippen MR) is 277 cm³/mol. The van der Waals surface area contributed by atoms with Crippen molar-refractivity contribution in [2.24, 2.45) is 0 Å². The van der Waals surface area contributed by atoms with Gasteiger partial charge in [0.15, 0.2) is 46.0 Å². The van der Waals surface area contributed by atoms with E-state index in [1.807, 2.05) is 97.1 Å². The molecule has 0 saturated heterocycles. The Balaban J connectivity index is 0.00000400. The van der Waals surface area contributed by atoms with Gasteiger partial charge in [0.2, 0.25) is 23.0 Å². The molecule has 0 saturated carbocycles. The maximum Gasteiger partial charge on any atom is 3.00 e. The molecule has 16 nitrogen and oxygen atoms in total. The monoisotopic (exact) mass is 1200 g/mol. The number of ether oxygens (including phenoxy) is 12. The van der Waals surface area contributed by atoms with Gasteiger partial charge in [0.05, 0.1) is 108 Å². The van der Waals surface area contributed by atoms with Gasteiger partial charge >= 0.3 is 22.4 Å². The van der Waals surface area contributed by atoms with E-state index >= 15 is 0 Å². The van der Waals surface area contributed by atoms with Crippen molar-refractivity contribution in [1.29, 1.82) is 0 Å². The first kappa shape index (κ1) is 53.9. The first-order chi connectivity index (χ1) is 35.1. The molecule has 0 fully saturated rings. The van der Waals surface area contributed by atoms with Gasteiger partial charge in [-0.2, -0.15) is 0 Å². The largest absolute Gasteiger partial charge is 3.00 e. The topological polar surface area (TPSA) is 165 Å². The van der Waals surface area contributed by atoms with Gasteiger partial charge in [-0.05, 0) is 112 Å². The minimum atomic E-state index is 0. The van der Waals surface area contributed by atoms with Gasteiger partial charge in [-0.1, -0.05) is 24.3 Å². The van der Waals surface area contributed by atoms with Crippen LogP contribution in [0.2, 0.25) is 0 Å². The van der Waals surface area contributed by atoms with Gasteiger partial charge in [0.25, 0.3) is 0 Å². The SMILES string of the molecule is COc1cc(-c2c3nc(c(-c4cc(OC)c(OC)c(OC)c4)c4ccc([n-]4)c(-c4cc(OC)c(OC)c(OC)c4)c4ccc([n-]4)c(-c4cc(OC)c(OC)c(OC)c4)c4nc2C=C4)C=C3)cc(OC)c1OC.[Au+3].[Cl-]. The standard InChI is InChI=1S/C56H52N4O12.Au.ClH/c1-61-41-21-29(22-42(62-2)53(41)69-9)49-33-13-15-35(57-33)50(30-23-43(63-3)54(70-10)44(24-30)64-4)37-17-19-39(59-37)52(32-27-47(67-7)56(72-12)48(28-32)68-8)40-20-18-38(60-40)51(36-16-14-34(49)58-36)31-25-45(65-5)55(71-11)46(26-31)66-6;;/h13-28H,1-12H3;;1H/q-2;+3;/p-1. The van der Waals surface area contributed by atoms with Gasteiger partial charge in [-0.15, -0.1) is 22.1 Å². The van der Waals surface area contributed by atoms with E-state index in [2.05, 4.69) is 0 Å². The number of fused-ring (bicyclic) bond motifs is 8. The molecule has 3 aromatic heterocycles. The number of aromatic nitrogens is 4. The zero-order chi connectivity index (χ0) is 50.8. The number of hydrogen-bond donors (Lipinski definition) is 0. The number of methoxy groups -OCH3 is 12. The van der Waals surface area contributed by atoms with E-state index in [4.69, 9.17) is 76.8 Å². The van der Waals surface area contributed by atoms with Crippen LogP contribution in [0.25, 0.3) is 90.9 Å². The number of rotatable bonds is 16. The molecule has 0 unspecified atom stereocenters. The van der Waals surface area contributed by atoms with E-state index in [9.17, 15) is 0 Å². The molecule has 2 aliphatic rings. The Morgan fingerprint density at radius 2 is 0.486 bits per heavy atom. The van der Waals surface area contributed by atoms with E-state index in [0.29, 0.717) is 158 Å². The molecule has 0 N–H and O–H groups in total. The van der Waals surface area contributed by atoms with Crippen molar-refractivity contribution in [2.45, 2.75) is 0 Å². The average Bonchev–Trinajstić information content (AvgIpc) is 4.28. The van der Waals surface area contributed by atoms with E-state index in [0.717, 1.165) is 0 Å². The summed E-state index contributed by atoms with van der Waals surface area (Å²) in [5, 5.41) is 0. The summed E-state index contributed by atoms with van der Waals surface area (Å²) in [6.45, 7) is 0. The summed E-state index contributed by atoms with van der Waals surface area (Å²) in [6, 6.07) is 22.8. The molecule has 0 aliphatic carbocycles. The van der Waals surface area contributed by atoms with E-state index in [1.165, 1.54) is 0 Å². The Hall–Kier alpha value is -7.89. The van der Waals surface area contributed by atoms with Crippen LogP contribution >= 0.6 is 0 Å². The Kier molecular flexibility index (Phi) is 16.7. The predicted octanol–water partition coefficient (Wildman–Crippen LogP) is 7.69. The fourth-order valence-electron chi connectivity index (χ4n) is 9.17. The van der Waals surface area contributed by atoms with Crippen LogP contribution in [-0.2, 0) is 22.4 Å². The van der Waals surface area contributed by atoms with Gasteiger partial charge in [-0.25, -0.2) is 9.97 Å². The fourth-order valence-corrected chi connectivity index (χ4v) is 9.17. The van der Waals surface area contributed by atoms with Crippen molar-refractivity contribution >= 4 is 46.4 Å². The van der Waals surface area contributed by atoms with E-state index < -0.39 is 0 Å². The fraction of sp³-hybridized carbons (Fsp3) is 0.214. The average molecular weight is 1210 g/mol. The summed E-state index contributed by atoms with van der Waals surface area (Å²) in [7, 11) is 18.9. The van der Waals surface area contributed by atoms with Crippen LogP contribution < -0.4 is 79.2 Å². The summed E-state index contributed by atoms with van der Waals surface area (Å²) in [5.41, 5.74) is 10.1. The Labute approximate surface area is 450 Å². The second kappa shape index (κ2) is 22.9.